The van der Waals surface area contributed by atoms with Gasteiger partial charge in [0.2, 0.25) is 5.91 Å². The largest absolute Gasteiger partial charge is 0.369 e. The maximum Gasteiger partial charge on any atom is 0.224 e. The molecule has 0 aromatic rings. The van der Waals surface area contributed by atoms with Gasteiger partial charge < -0.3 is 5.73 Å². The molecule has 0 aromatic heterocycles. The molecular weight excluding hydrogens is 164 g/mol. The Balaban J connectivity index is 2.53. The third kappa shape index (κ3) is 2.31. The van der Waals surface area contributed by atoms with Gasteiger partial charge >= 0.3 is 0 Å². The molecule has 74 valence electrons. The first kappa shape index (κ1) is 10.3. The Morgan fingerprint density at radius 1 is 1.69 bits per heavy atom. The van der Waals surface area contributed by atoms with Gasteiger partial charge in [-0.25, -0.2) is 0 Å². The van der Waals surface area contributed by atoms with Crippen molar-refractivity contribution >= 4 is 5.91 Å². The van der Waals surface area contributed by atoms with Gasteiger partial charge in [-0.1, -0.05) is 12.2 Å². The molecule has 1 heterocycles. The SMILES string of the molecule is C=C(C)CN1CCC(C)(C(N)=O)C1. The molecule has 0 radical (unpaired) electrons. The first-order valence-electron chi connectivity index (χ1n) is 4.61. The Morgan fingerprint density at radius 2 is 2.31 bits per heavy atom. The summed E-state index contributed by atoms with van der Waals surface area (Å²) in [5.41, 5.74) is 6.15. The maximum absolute atomic E-state index is 11.1. The quantitative estimate of drug-likeness (QED) is 0.655. The highest BCUT2D eigenvalue weighted by atomic mass is 16.1. The van der Waals surface area contributed by atoms with Gasteiger partial charge in [0.25, 0.3) is 0 Å². The monoisotopic (exact) mass is 182 g/mol. The van der Waals surface area contributed by atoms with Crippen molar-refractivity contribution in [1.29, 1.82) is 0 Å². The van der Waals surface area contributed by atoms with E-state index in [1.807, 2.05) is 13.8 Å². The lowest BCUT2D eigenvalue weighted by molar-refractivity contribution is -0.126. The van der Waals surface area contributed by atoms with Crippen molar-refractivity contribution in [2.45, 2.75) is 20.3 Å². The first-order chi connectivity index (χ1) is 5.94. The van der Waals surface area contributed by atoms with Crippen LogP contribution in [0.2, 0.25) is 0 Å². The summed E-state index contributed by atoms with van der Waals surface area (Å²) in [7, 11) is 0. The molecule has 2 N–H and O–H groups in total. The molecule has 0 bridgehead atoms. The molecule has 1 rings (SSSR count). The van der Waals surface area contributed by atoms with Crippen molar-refractivity contribution in [3.05, 3.63) is 12.2 Å². The number of nitrogens with zero attached hydrogens (tertiary/aromatic N) is 1. The molecule has 3 heteroatoms. The fourth-order valence-corrected chi connectivity index (χ4v) is 1.77. The predicted molar refractivity (Wildman–Crippen MR) is 53.2 cm³/mol. The van der Waals surface area contributed by atoms with Crippen LogP contribution in [-0.4, -0.2) is 30.4 Å². The molecule has 1 fully saturated rings. The van der Waals surface area contributed by atoms with Crippen LogP contribution in [0.1, 0.15) is 20.3 Å². The average Bonchev–Trinajstić information content (AvgIpc) is 2.32. The summed E-state index contributed by atoms with van der Waals surface area (Å²) in [5, 5.41) is 0. The van der Waals surface area contributed by atoms with Gasteiger partial charge in [-0.05, 0) is 26.8 Å². The lowest BCUT2D eigenvalue weighted by Gasteiger charge is -2.20. The molecular formula is C10H18N2O. The average molecular weight is 182 g/mol. The molecule has 0 aromatic carbocycles. The second-order valence-corrected chi connectivity index (χ2v) is 4.34. The van der Waals surface area contributed by atoms with Gasteiger partial charge in [0, 0.05) is 13.1 Å². The van der Waals surface area contributed by atoms with Crippen LogP contribution in [0.3, 0.4) is 0 Å². The third-order valence-corrected chi connectivity index (χ3v) is 2.64. The van der Waals surface area contributed by atoms with E-state index < -0.39 is 0 Å². The van der Waals surface area contributed by atoms with Gasteiger partial charge in [-0.3, -0.25) is 9.69 Å². The Morgan fingerprint density at radius 3 is 2.69 bits per heavy atom. The van der Waals surface area contributed by atoms with Crippen LogP contribution in [0.5, 0.6) is 0 Å². The van der Waals surface area contributed by atoms with E-state index in [0.717, 1.165) is 31.6 Å². The number of hydrogen-bond acceptors (Lipinski definition) is 2. The van der Waals surface area contributed by atoms with Crippen LogP contribution in [-0.2, 0) is 4.79 Å². The van der Waals surface area contributed by atoms with Crippen molar-refractivity contribution in [3.63, 3.8) is 0 Å². The minimum atomic E-state index is -0.324. The zero-order chi connectivity index (χ0) is 10.1. The van der Waals surface area contributed by atoms with E-state index in [4.69, 9.17) is 5.73 Å². The van der Waals surface area contributed by atoms with E-state index in [1.54, 1.807) is 0 Å². The Labute approximate surface area is 79.6 Å². The summed E-state index contributed by atoms with van der Waals surface area (Å²) in [6, 6.07) is 0. The normalized spacial score (nSPS) is 29.1. The van der Waals surface area contributed by atoms with E-state index >= 15 is 0 Å². The van der Waals surface area contributed by atoms with E-state index in [0.29, 0.717) is 0 Å². The van der Waals surface area contributed by atoms with Crippen molar-refractivity contribution in [1.82, 2.24) is 4.90 Å². The zero-order valence-corrected chi connectivity index (χ0v) is 8.47. The van der Waals surface area contributed by atoms with Crippen molar-refractivity contribution < 1.29 is 4.79 Å². The van der Waals surface area contributed by atoms with Crippen molar-refractivity contribution in [2.24, 2.45) is 11.1 Å². The van der Waals surface area contributed by atoms with E-state index in [9.17, 15) is 4.79 Å². The Bertz CT molecular complexity index is 237. The molecule has 1 aliphatic rings. The Kier molecular flexibility index (Phi) is 2.76. The molecule has 1 atom stereocenters. The van der Waals surface area contributed by atoms with Gasteiger partial charge in [-0.2, -0.15) is 0 Å². The van der Waals surface area contributed by atoms with Gasteiger partial charge in [0.1, 0.15) is 0 Å². The van der Waals surface area contributed by atoms with E-state index in [2.05, 4.69) is 11.5 Å². The molecule has 3 nitrogen and oxygen atoms in total. The number of hydrogen-bond donors (Lipinski definition) is 1. The van der Waals surface area contributed by atoms with Crippen LogP contribution >= 0.6 is 0 Å². The Hall–Kier alpha value is -0.830. The second-order valence-electron chi connectivity index (χ2n) is 4.34. The summed E-state index contributed by atoms with van der Waals surface area (Å²) in [4.78, 5) is 13.4. The summed E-state index contributed by atoms with van der Waals surface area (Å²) in [5.74, 6) is -0.184. The highest BCUT2D eigenvalue weighted by molar-refractivity contribution is 5.81. The van der Waals surface area contributed by atoms with E-state index in [1.165, 1.54) is 0 Å². The lowest BCUT2D eigenvalue weighted by Crippen LogP contribution is -2.37. The summed E-state index contributed by atoms with van der Waals surface area (Å²) in [6.07, 6.45) is 0.871. The van der Waals surface area contributed by atoms with Crippen LogP contribution in [0.25, 0.3) is 0 Å². The number of likely N-dealkylation sites (tertiary alicyclic amines) is 1. The fourth-order valence-electron chi connectivity index (χ4n) is 1.77. The van der Waals surface area contributed by atoms with Crippen molar-refractivity contribution in [2.75, 3.05) is 19.6 Å². The van der Waals surface area contributed by atoms with Crippen LogP contribution < -0.4 is 5.73 Å². The summed E-state index contributed by atoms with van der Waals surface area (Å²) in [6.45, 7) is 10.4. The van der Waals surface area contributed by atoms with Crippen LogP contribution in [0.15, 0.2) is 12.2 Å². The van der Waals surface area contributed by atoms with Crippen LogP contribution in [0.4, 0.5) is 0 Å². The third-order valence-electron chi connectivity index (χ3n) is 2.64. The van der Waals surface area contributed by atoms with Crippen molar-refractivity contribution in [3.8, 4) is 0 Å². The van der Waals surface area contributed by atoms with Gasteiger partial charge in [0.15, 0.2) is 0 Å². The van der Waals surface area contributed by atoms with Gasteiger partial charge in [0.05, 0.1) is 5.41 Å². The van der Waals surface area contributed by atoms with E-state index in [-0.39, 0.29) is 11.3 Å². The summed E-state index contributed by atoms with van der Waals surface area (Å²) >= 11 is 0. The molecule has 1 aliphatic heterocycles. The maximum atomic E-state index is 11.1. The number of rotatable bonds is 3. The number of carbonyl (C=O) groups is 1. The number of primary amides is 1. The van der Waals surface area contributed by atoms with Gasteiger partial charge in [-0.15, -0.1) is 0 Å². The molecule has 13 heavy (non-hydrogen) atoms. The predicted octanol–water partition coefficient (Wildman–Crippen LogP) is 0.760. The highest BCUT2D eigenvalue weighted by Gasteiger charge is 2.38. The fraction of sp³-hybridized carbons (Fsp3) is 0.700. The molecule has 0 saturated carbocycles. The molecule has 0 aliphatic carbocycles. The zero-order valence-electron chi connectivity index (χ0n) is 8.47. The lowest BCUT2D eigenvalue weighted by atomic mass is 9.89. The number of nitrogens with two attached hydrogens (primary N) is 1. The molecule has 1 amide bonds. The number of carbonyl (C=O) groups excluding carboxylic acids is 1. The standard InChI is InChI=1S/C10H18N2O/c1-8(2)6-12-5-4-10(3,7-12)9(11)13/h1,4-7H2,2-3H3,(H2,11,13). The topological polar surface area (TPSA) is 46.3 Å². The van der Waals surface area contributed by atoms with Crippen LogP contribution in [0, 0.1) is 5.41 Å². The molecule has 1 saturated heterocycles. The number of amides is 1. The smallest absolute Gasteiger partial charge is 0.224 e. The second kappa shape index (κ2) is 3.50. The summed E-state index contributed by atoms with van der Waals surface area (Å²) < 4.78 is 0. The molecule has 1 unspecified atom stereocenters. The minimum absolute atomic E-state index is 0.184. The highest BCUT2D eigenvalue weighted by Crippen LogP contribution is 2.29. The minimum Gasteiger partial charge on any atom is -0.369 e. The first-order valence-corrected chi connectivity index (χ1v) is 4.61. The molecule has 0 spiro atoms.